The molecule has 1 unspecified atom stereocenters. The zero-order valence-corrected chi connectivity index (χ0v) is 8.23. The first kappa shape index (κ1) is 13.3. The van der Waals surface area contributed by atoms with Crippen LogP contribution in [0.2, 0.25) is 0 Å². The normalized spacial score (nSPS) is 12.0. The predicted molar refractivity (Wildman–Crippen MR) is 52.2 cm³/mol. The quantitative estimate of drug-likeness (QED) is 0.821. The van der Waals surface area contributed by atoms with Crippen LogP contribution in [0.5, 0.6) is 0 Å². The molecule has 5 heteroatoms. The molecule has 0 fully saturated rings. The molecule has 0 saturated heterocycles. The van der Waals surface area contributed by atoms with Gasteiger partial charge in [0.25, 0.3) is 0 Å². The van der Waals surface area contributed by atoms with Gasteiger partial charge in [-0.15, -0.1) is 12.4 Å². The average molecular weight is 224 g/mol. The van der Waals surface area contributed by atoms with Crippen LogP contribution in [0, 0.1) is 11.6 Å². The molecule has 0 aliphatic carbocycles. The van der Waals surface area contributed by atoms with Crippen LogP contribution in [0.15, 0.2) is 18.2 Å². The third-order valence-corrected chi connectivity index (χ3v) is 1.76. The Morgan fingerprint density at radius 3 is 2.50 bits per heavy atom. The summed E-state index contributed by atoms with van der Waals surface area (Å²) in [6, 6.07) is 3.08. The smallest absolute Gasteiger partial charge is 0.131 e. The summed E-state index contributed by atoms with van der Waals surface area (Å²) in [5.74, 6) is -1.39. The zero-order chi connectivity index (χ0) is 9.84. The second kappa shape index (κ2) is 5.90. The van der Waals surface area contributed by atoms with E-state index in [9.17, 15) is 13.9 Å². The van der Waals surface area contributed by atoms with E-state index in [1.165, 1.54) is 6.07 Å². The van der Waals surface area contributed by atoms with E-state index < -0.39 is 17.7 Å². The minimum atomic E-state index is -0.953. The van der Waals surface area contributed by atoms with Gasteiger partial charge in [-0.05, 0) is 19.0 Å². The lowest BCUT2D eigenvalue weighted by Gasteiger charge is -2.09. The minimum Gasteiger partial charge on any atom is -0.388 e. The molecule has 0 spiro atoms. The van der Waals surface area contributed by atoms with Gasteiger partial charge in [-0.2, -0.15) is 0 Å². The summed E-state index contributed by atoms with van der Waals surface area (Å²) in [6.07, 6.45) is -0.687. The Balaban J connectivity index is 0.00000169. The van der Waals surface area contributed by atoms with E-state index in [1.54, 1.807) is 0 Å². The molecule has 1 atom stereocenters. The summed E-state index contributed by atoms with van der Waals surface area (Å²) >= 11 is 0. The van der Waals surface area contributed by atoms with Gasteiger partial charge in [0, 0.05) is 11.6 Å². The fourth-order valence-electron chi connectivity index (χ4n) is 1.09. The van der Waals surface area contributed by atoms with E-state index in [-0.39, 0.29) is 30.9 Å². The summed E-state index contributed by atoms with van der Waals surface area (Å²) in [5.41, 5.74) is 5.28. The summed E-state index contributed by atoms with van der Waals surface area (Å²) in [7, 11) is 0. The van der Waals surface area contributed by atoms with E-state index in [0.717, 1.165) is 12.1 Å². The van der Waals surface area contributed by atoms with Gasteiger partial charge in [0.2, 0.25) is 0 Å². The van der Waals surface area contributed by atoms with E-state index in [2.05, 4.69) is 0 Å². The van der Waals surface area contributed by atoms with Gasteiger partial charge in [0.15, 0.2) is 0 Å². The molecular weight excluding hydrogens is 212 g/mol. The molecule has 0 bridgehead atoms. The van der Waals surface area contributed by atoms with Gasteiger partial charge < -0.3 is 10.8 Å². The Bertz CT molecular complexity index is 296. The van der Waals surface area contributed by atoms with Crippen molar-refractivity contribution in [1.29, 1.82) is 0 Å². The Morgan fingerprint density at radius 1 is 1.36 bits per heavy atom. The number of hydrogen-bond acceptors (Lipinski definition) is 2. The number of hydrogen-bond donors (Lipinski definition) is 2. The largest absolute Gasteiger partial charge is 0.388 e. The van der Waals surface area contributed by atoms with E-state index in [4.69, 9.17) is 5.73 Å². The van der Waals surface area contributed by atoms with Crippen LogP contribution in [0.3, 0.4) is 0 Å². The van der Waals surface area contributed by atoms with Crippen LogP contribution in [0.25, 0.3) is 0 Å². The molecule has 0 radical (unpaired) electrons. The van der Waals surface area contributed by atoms with Crippen LogP contribution < -0.4 is 5.73 Å². The lowest BCUT2D eigenvalue weighted by Crippen LogP contribution is -2.08. The van der Waals surface area contributed by atoms with Crippen molar-refractivity contribution >= 4 is 12.4 Å². The van der Waals surface area contributed by atoms with Gasteiger partial charge in [0.1, 0.15) is 11.6 Å². The summed E-state index contributed by atoms with van der Waals surface area (Å²) in [4.78, 5) is 0. The molecule has 0 aliphatic rings. The maximum absolute atomic E-state index is 13.0. The standard InChI is InChI=1S/C9H11F2NO.ClH/c10-6-1-2-7(8(11)5-6)9(13)3-4-12;/h1-2,5,9,13H,3-4,12H2;1H. The molecule has 0 amide bonds. The molecule has 2 nitrogen and oxygen atoms in total. The van der Waals surface area contributed by atoms with Gasteiger partial charge in [-0.1, -0.05) is 6.07 Å². The van der Waals surface area contributed by atoms with Crippen LogP contribution >= 0.6 is 12.4 Å². The van der Waals surface area contributed by atoms with Crippen LogP contribution in [0.4, 0.5) is 8.78 Å². The van der Waals surface area contributed by atoms with Crippen molar-refractivity contribution in [3.8, 4) is 0 Å². The fourth-order valence-corrected chi connectivity index (χ4v) is 1.09. The molecule has 0 heterocycles. The number of nitrogens with two attached hydrogens (primary N) is 1. The van der Waals surface area contributed by atoms with E-state index in [0.29, 0.717) is 0 Å². The van der Waals surface area contributed by atoms with Gasteiger partial charge in [-0.25, -0.2) is 8.78 Å². The molecule has 0 saturated carbocycles. The molecule has 3 N–H and O–H groups in total. The Morgan fingerprint density at radius 2 is 2.00 bits per heavy atom. The number of halogens is 3. The highest BCUT2D eigenvalue weighted by Gasteiger charge is 2.11. The minimum absolute atomic E-state index is 0. The van der Waals surface area contributed by atoms with Crippen molar-refractivity contribution < 1.29 is 13.9 Å². The van der Waals surface area contributed by atoms with Crippen molar-refractivity contribution in [1.82, 2.24) is 0 Å². The van der Waals surface area contributed by atoms with Gasteiger partial charge in [0.05, 0.1) is 6.10 Å². The van der Waals surface area contributed by atoms with Crippen molar-refractivity contribution in [3.63, 3.8) is 0 Å². The van der Waals surface area contributed by atoms with Gasteiger partial charge in [-0.3, -0.25) is 0 Å². The van der Waals surface area contributed by atoms with E-state index in [1.807, 2.05) is 0 Å². The zero-order valence-electron chi connectivity index (χ0n) is 7.41. The third-order valence-electron chi connectivity index (χ3n) is 1.76. The first-order valence-electron chi connectivity index (χ1n) is 3.98. The van der Waals surface area contributed by atoms with Crippen molar-refractivity contribution in [3.05, 3.63) is 35.4 Å². The van der Waals surface area contributed by atoms with Crippen LogP contribution in [-0.2, 0) is 0 Å². The maximum atomic E-state index is 13.0. The summed E-state index contributed by atoms with van der Waals surface area (Å²) < 4.78 is 25.4. The first-order chi connectivity index (χ1) is 6.15. The predicted octanol–water partition coefficient (Wildman–Crippen LogP) is 1.77. The van der Waals surface area contributed by atoms with Crippen molar-refractivity contribution in [2.75, 3.05) is 6.54 Å². The van der Waals surface area contributed by atoms with Crippen LogP contribution in [-0.4, -0.2) is 11.7 Å². The Hall–Kier alpha value is -0.710. The van der Waals surface area contributed by atoms with Crippen molar-refractivity contribution in [2.24, 2.45) is 5.73 Å². The summed E-state index contributed by atoms with van der Waals surface area (Å²) in [5, 5.41) is 9.35. The molecule has 1 aromatic rings. The molecular formula is C9H12ClF2NO. The lowest BCUT2D eigenvalue weighted by molar-refractivity contribution is 0.165. The maximum Gasteiger partial charge on any atom is 0.131 e. The number of aliphatic hydroxyl groups is 1. The average Bonchev–Trinajstić information content (AvgIpc) is 2.04. The molecule has 14 heavy (non-hydrogen) atoms. The fraction of sp³-hybridized carbons (Fsp3) is 0.333. The highest BCUT2D eigenvalue weighted by atomic mass is 35.5. The molecule has 1 rings (SSSR count). The first-order valence-corrected chi connectivity index (χ1v) is 3.98. The number of benzene rings is 1. The highest BCUT2D eigenvalue weighted by Crippen LogP contribution is 2.19. The SMILES string of the molecule is Cl.NCCC(O)c1ccc(F)cc1F. The molecule has 0 aliphatic heterocycles. The summed E-state index contributed by atoms with van der Waals surface area (Å²) in [6.45, 7) is 0.262. The Kier molecular flexibility index (Phi) is 5.60. The van der Waals surface area contributed by atoms with Crippen LogP contribution in [0.1, 0.15) is 18.1 Å². The highest BCUT2D eigenvalue weighted by molar-refractivity contribution is 5.85. The topological polar surface area (TPSA) is 46.2 Å². The second-order valence-corrected chi connectivity index (χ2v) is 2.76. The van der Waals surface area contributed by atoms with E-state index >= 15 is 0 Å². The monoisotopic (exact) mass is 223 g/mol. The Labute approximate surface area is 87.1 Å². The number of rotatable bonds is 3. The lowest BCUT2D eigenvalue weighted by atomic mass is 10.1. The molecule has 1 aromatic carbocycles. The molecule has 80 valence electrons. The van der Waals surface area contributed by atoms with Gasteiger partial charge >= 0.3 is 0 Å². The number of aliphatic hydroxyl groups excluding tert-OH is 1. The molecule has 0 aromatic heterocycles. The third kappa shape index (κ3) is 3.21. The van der Waals surface area contributed by atoms with Crippen molar-refractivity contribution in [2.45, 2.75) is 12.5 Å². The second-order valence-electron chi connectivity index (χ2n) is 2.76.